The Kier molecular flexibility index (Phi) is 11.7. The summed E-state index contributed by atoms with van der Waals surface area (Å²) in [6, 6.07) is 7.99. The highest BCUT2D eigenvalue weighted by Crippen LogP contribution is 2.12. The smallest absolute Gasteiger partial charge is 0.220 e. The molecule has 5 nitrogen and oxygen atoms in total. The first-order valence-electron chi connectivity index (χ1n) is 9.55. The van der Waals surface area contributed by atoms with Gasteiger partial charge in [-0.25, -0.2) is 0 Å². The fourth-order valence-corrected chi connectivity index (χ4v) is 2.60. The largest absolute Gasteiger partial charge is 0.494 e. The molecule has 25 heavy (non-hydrogen) atoms. The van der Waals surface area contributed by atoms with Crippen molar-refractivity contribution in [1.29, 1.82) is 0 Å². The summed E-state index contributed by atoms with van der Waals surface area (Å²) in [6.07, 6.45) is 3.58. The molecule has 0 radical (unpaired) electrons. The molecule has 1 rings (SSSR count). The van der Waals surface area contributed by atoms with E-state index in [2.05, 4.69) is 29.4 Å². The van der Waals surface area contributed by atoms with Crippen LogP contribution in [0.25, 0.3) is 0 Å². The van der Waals surface area contributed by atoms with Crippen LogP contribution in [-0.2, 0) is 11.3 Å². The molecule has 0 heterocycles. The summed E-state index contributed by atoms with van der Waals surface area (Å²) < 4.78 is 5.78. The van der Waals surface area contributed by atoms with E-state index in [1.54, 1.807) is 0 Å². The molecule has 0 spiro atoms. The van der Waals surface area contributed by atoms with E-state index in [-0.39, 0.29) is 5.91 Å². The molecule has 0 bridgehead atoms. The van der Waals surface area contributed by atoms with Crippen molar-refractivity contribution in [2.24, 2.45) is 0 Å². The van der Waals surface area contributed by atoms with E-state index in [4.69, 9.17) is 4.74 Å². The first kappa shape index (κ1) is 21.5. The molecule has 142 valence electrons. The third-order valence-corrected chi connectivity index (χ3v) is 4.28. The molecule has 1 amide bonds. The summed E-state index contributed by atoms with van der Waals surface area (Å²) in [4.78, 5) is 14.2. The van der Waals surface area contributed by atoms with Crippen LogP contribution in [0.15, 0.2) is 24.3 Å². The van der Waals surface area contributed by atoms with Crippen molar-refractivity contribution in [3.63, 3.8) is 0 Å². The molecule has 0 saturated carbocycles. The summed E-state index contributed by atoms with van der Waals surface area (Å²) in [5, 5.41) is 6.06. The Morgan fingerprint density at radius 3 is 2.44 bits per heavy atom. The summed E-state index contributed by atoms with van der Waals surface area (Å²) in [5.74, 6) is 1.01. The molecule has 0 aliphatic carbocycles. The number of hydrogen-bond donors (Lipinski definition) is 2. The van der Waals surface area contributed by atoms with Crippen LogP contribution in [0.4, 0.5) is 0 Å². The maximum Gasteiger partial charge on any atom is 0.220 e. The van der Waals surface area contributed by atoms with Crippen LogP contribution in [0.2, 0.25) is 0 Å². The molecule has 0 aliphatic rings. The molecule has 1 aromatic rings. The Morgan fingerprint density at radius 2 is 1.80 bits per heavy atom. The topological polar surface area (TPSA) is 53.6 Å². The van der Waals surface area contributed by atoms with Crippen LogP contribution in [0.3, 0.4) is 0 Å². The number of nitrogens with one attached hydrogen (secondary N) is 2. The van der Waals surface area contributed by atoms with E-state index in [9.17, 15) is 4.79 Å². The Bertz CT molecular complexity index is 459. The number of carbonyl (C=O) groups is 1. The van der Waals surface area contributed by atoms with Crippen LogP contribution in [0, 0.1) is 0 Å². The zero-order chi connectivity index (χ0) is 18.3. The highest BCUT2D eigenvalue weighted by molar-refractivity contribution is 5.75. The van der Waals surface area contributed by atoms with Crippen molar-refractivity contribution in [3.8, 4) is 5.75 Å². The lowest BCUT2D eigenvalue weighted by molar-refractivity contribution is -0.121. The van der Waals surface area contributed by atoms with Gasteiger partial charge in [-0.15, -0.1) is 0 Å². The van der Waals surface area contributed by atoms with Crippen LogP contribution in [0.1, 0.15) is 45.1 Å². The number of amides is 1. The first-order valence-corrected chi connectivity index (χ1v) is 9.55. The fourth-order valence-electron chi connectivity index (χ4n) is 2.60. The van der Waals surface area contributed by atoms with Gasteiger partial charge in [0.2, 0.25) is 5.91 Å². The van der Waals surface area contributed by atoms with Gasteiger partial charge in [-0.1, -0.05) is 26.0 Å². The molecule has 0 unspecified atom stereocenters. The molecule has 0 atom stereocenters. The highest BCUT2D eigenvalue weighted by Gasteiger charge is 2.02. The van der Waals surface area contributed by atoms with E-state index in [1.165, 1.54) is 0 Å². The average Bonchev–Trinajstić information content (AvgIpc) is 2.64. The van der Waals surface area contributed by atoms with Crippen molar-refractivity contribution in [1.82, 2.24) is 15.5 Å². The van der Waals surface area contributed by atoms with Gasteiger partial charge < -0.3 is 20.3 Å². The predicted molar refractivity (Wildman–Crippen MR) is 104 cm³/mol. The maximum absolute atomic E-state index is 11.8. The Labute approximate surface area is 153 Å². The minimum atomic E-state index is 0.118. The summed E-state index contributed by atoms with van der Waals surface area (Å²) in [6.45, 7) is 9.90. The predicted octanol–water partition coefficient (Wildman–Crippen LogP) is 2.80. The van der Waals surface area contributed by atoms with Crippen LogP contribution < -0.4 is 15.4 Å². The van der Waals surface area contributed by atoms with Gasteiger partial charge in [0.15, 0.2) is 0 Å². The lowest BCUT2D eigenvalue weighted by Crippen LogP contribution is -2.25. The second-order valence-electron chi connectivity index (χ2n) is 6.21. The number of nitrogens with zero attached hydrogens (tertiary/aromatic N) is 1. The van der Waals surface area contributed by atoms with Gasteiger partial charge in [0.1, 0.15) is 5.75 Å². The summed E-state index contributed by atoms with van der Waals surface area (Å²) >= 11 is 0. The van der Waals surface area contributed by atoms with E-state index >= 15 is 0 Å². The number of hydrogen-bond acceptors (Lipinski definition) is 4. The molecular formula is C20H35N3O2. The first-order chi connectivity index (χ1) is 12.2. The lowest BCUT2D eigenvalue weighted by Gasteiger charge is -2.17. The van der Waals surface area contributed by atoms with Gasteiger partial charge in [-0.3, -0.25) is 4.79 Å². The molecular weight excluding hydrogens is 314 g/mol. The van der Waals surface area contributed by atoms with E-state index in [0.29, 0.717) is 13.0 Å². The number of benzene rings is 1. The molecule has 0 aliphatic heterocycles. The fraction of sp³-hybridized carbons (Fsp3) is 0.650. The minimum absolute atomic E-state index is 0.118. The van der Waals surface area contributed by atoms with Crippen molar-refractivity contribution in [2.75, 3.05) is 39.8 Å². The Morgan fingerprint density at radius 1 is 1.08 bits per heavy atom. The van der Waals surface area contributed by atoms with Crippen LogP contribution >= 0.6 is 0 Å². The quantitative estimate of drug-likeness (QED) is 0.507. The average molecular weight is 350 g/mol. The number of unbranched alkanes of at least 4 members (excludes halogenated alkanes) is 1. The SMILES string of the molecule is CCN(CC)CCCOc1ccc(CNC(=O)CCCCNC)cc1. The molecule has 0 fully saturated rings. The zero-order valence-electron chi connectivity index (χ0n) is 16.1. The summed E-state index contributed by atoms with van der Waals surface area (Å²) in [7, 11) is 1.93. The van der Waals surface area contributed by atoms with Gasteiger partial charge in [0.05, 0.1) is 6.61 Å². The van der Waals surface area contributed by atoms with Gasteiger partial charge in [-0.2, -0.15) is 0 Å². The molecule has 2 N–H and O–H groups in total. The molecule has 0 aromatic heterocycles. The summed E-state index contributed by atoms with van der Waals surface area (Å²) in [5.41, 5.74) is 1.10. The lowest BCUT2D eigenvalue weighted by atomic mass is 10.2. The van der Waals surface area contributed by atoms with E-state index in [1.807, 2.05) is 31.3 Å². The van der Waals surface area contributed by atoms with Gasteiger partial charge in [0, 0.05) is 19.5 Å². The normalized spacial score (nSPS) is 10.9. The van der Waals surface area contributed by atoms with E-state index in [0.717, 1.165) is 63.4 Å². The van der Waals surface area contributed by atoms with Crippen molar-refractivity contribution in [3.05, 3.63) is 29.8 Å². The van der Waals surface area contributed by atoms with Crippen molar-refractivity contribution in [2.45, 2.75) is 46.1 Å². The third kappa shape index (κ3) is 10.1. The van der Waals surface area contributed by atoms with Crippen LogP contribution in [-0.4, -0.2) is 50.6 Å². The third-order valence-electron chi connectivity index (χ3n) is 4.28. The number of rotatable bonds is 14. The highest BCUT2D eigenvalue weighted by atomic mass is 16.5. The number of ether oxygens (including phenoxy) is 1. The van der Waals surface area contributed by atoms with Crippen molar-refractivity contribution >= 4 is 5.91 Å². The minimum Gasteiger partial charge on any atom is -0.494 e. The second kappa shape index (κ2) is 13.7. The Hall–Kier alpha value is -1.59. The van der Waals surface area contributed by atoms with E-state index < -0.39 is 0 Å². The maximum atomic E-state index is 11.8. The number of carbonyl (C=O) groups excluding carboxylic acids is 1. The Balaban J connectivity index is 2.19. The van der Waals surface area contributed by atoms with Gasteiger partial charge >= 0.3 is 0 Å². The van der Waals surface area contributed by atoms with Gasteiger partial charge in [0.25, 0.3) is 0 Å². The zero-order valence-corrected chi connectivity index (χ0v) is 16.1. The van der Waals surface area contributed by atoms with Crippen LogP contribution in [0.5, 0.6) is 5.75 Å². The standard InChI is InChI=1S/C20H35N3O2/c1-4-23(5-2)15-8-16-25-19-12-10-18(11-13-19)17-22-20(24)9-6-7-14-21-3/h10-13,21H,4-9,14-17H2,1-3H3,(H,22,24). The van der Waals surface area contributed by atoms with Gasteiger partial charge in [-0.05, 0) is 63.6 Å². The molecule has 0 saturated heterocycles. The molecule has 5 heteroatoms. The monoisotopic (exact) mass is 349 g/mol. The molecule has 1 aromatic carbocycles. The van der Waals surface area contributed by atoms with Crippen molar-refractivity contribution < 1.29 is 9.53 Å². The second-order valence-corrected chi connectivity index (χ2v) is 6.21.